The molecule has 0 aliphatic heterocycles. The van der Waals surface area contributed by atoms with Gasteiger partial charge in [0.15, 0.2) is 5.78 Å². The number of ketones is 1. The summed E-state index contributed by atoms with van der Waals surface area (Å²) >= 11 is 4.42. The summed E-state index contributed by atoms with van der Waals surface area (Å²) in [5.74, 6) is -0.333. The Labute approximate surface area is 88.8 Å². The van der Waals surface area contributed by atoms with Crippen LogP contribution in [0.3, 0.4) is 0 Å². The van der Waals surface area contributed by atoms with E-state index in [4.69, 9.17) is 0 Å². The van der Waals surface area contributed by atoms with Crippen LogP contribution in [-0.4, -0.2) is 17.8 Å². The van der Waals surface area contributed by atoms with E-state index in [-0.39, 0.29) is 11.3 Å². The van der Waals surface area contributed by atoms with E-state index in [2.05, 4.69) is 15.9 Å². The van der Waals surface area contributed by atoms with E-state index >= 15 is 0 Å². The molecule has 0 bridgehead atoms. The molecule has 1 aromatic carbocycles. The molecule has 0 unspecified atom stereocenters. The molecule has 0 N–H and O–H groups in total. The molecule has 1 nitrogen and oxygen atoms in total. The predicted octanol–water partition coefficient (Wildman–Crippen LogP) is 3.13. The van der Waals surface area contributed by atoms with E-state index in [0.717, 1.165) is 0 Å². The van der Waals surface area contributed by atoms with Gasteiger partial charge in [0.1, 0.15) is 5.82 Å². The minimum atomic E-state index is -0.471. The number of Topliss-reactive ketones (excluding diaryl/α,β-unsaturated/α-hetero) is 1. The maximum absolute atomic E-state index is 13.3. The van der Waals surface area contributed by atoms with Gasteiger partial charge in [-0.1, -0.05) is 6.07 Å². The van der Waals surface area contributed by atoms with Gasteiger partial charge < -0.3 is 0 Å². The van der Waals surface area contributed by atoms with Gasteiger partial charge in [-0.05, 0) is 34.3 Å². The zero-order valence-electron chi connectivity index (χ0n) is 7.01. The highest BCUT2D eigenvalue weighted by Gasteiger charge is 2.12. The van der Waals surface area contributed by atoms with Crippen molar-refractivity contribution in [2.75, 3.05) is 12.0 Å². The third-order valence-electron chi connectivity index (χ3n) is 1.53. The highest BCUT2D eigenvalue weighted by molar-refractivity contribution is 9.10. The highest BCUT2D eigenvalue weighted by atomic mass is 79.9. The van der Waals surface area contributed by atoms with Crippen molar-refractivity contribution in [3.63, 3.8) is 0 Å². The van der Waals surface area contributed by atoms with Crippen LogP contribution in [0.5, 0.6) is 0 Å². The molecule has 0 aromatic heterocycles. The minimum Gasteiger partial charge on any atom is -0.293 e. The fourth-order valence-corrected chi connectivity index (χ4v) is 1.71. The summed E-state index contributed by atoms with van der Waals surface area (Å²) in [5.41, 5.74) is 0.156. The molecule has 0 heterocycles. The summed E-state index contributed by atoms with van der Waals surface area (Å²) in [4.78, 5) is 11.3. The second-order valence-electron chi connectivity index (χ2n) is 2.46. The summed E-state index contributed by atoms with van der Waals surface area (Å²) in [5, 5.41) is 0. The Morgan fingerprint density at radius 1 is 1.62 bits per heavy atom. The van der Waals surface area contributed by atoms with Gasteiger partial charge in [0.2, 0.25) is 0 Å². The molecule has 0 amide bonds. The number of rotatable bonds is 3. The van der Waals surface area contributed by atoms with Gasteiger partial charge >= 0.3 is 0 Å². The summed E-state index contributed by atoms with van der Waals surface area (Å²) in [7, 11) is 0. The predicted molar refractivity (Wildman–Crippen MR) is 56.8 cm³/mol. The summed E-state index contributed by atoms with van der Waals surface area (Å²) in [6, 6.07) is 4.73. The van der Waals surface area contributed by atoms with Gasteiger partial charge in [-0.2, -0.15) is 11.8 Å². The average Bonchev–Trinajstić information content (AvgIpc) is 2.10. The molecule has 4 heteroatoms. The molecule has 0 atom stereocenters. The number of halogens is 2. The van der Waals surface area contributed by atoms with Gasteiger partial charge in [0.25, 0.3) is 0 Å². The van der Waals surface area contributed by atoms with Crippen molar-refractivity contribution in [2.24, 2.45) is 0 Å². The summed E-state index contributed by atoms with van der Waals surface area (Å²) in [6.07, 6.45) is 1.81. The number of hydrogen-bond acceptors (Lipinski definition) is 2. The van der Waals surface area contributed by atoms with Crippen molar-refractivity contribution >= 4 is 33.5 Å². The van der Waals surface area contributed by atoms with Crippen LogP contribution in [0.25, 0.3) is 0 Å². The van der Waals surface area contributed by atoms with E-state index in [0.29, 0.717) is 10.2 Å². The first-order valence-electron chi connectivity index (χ1n) is 3.63. The molecule has 0 aliphatic rings. The van der Waals surface area contributed by atoms with Crippen LogP contribution in [0, 0.1) is 5.82 Å². The lowest BCUT2D eigenvalue weighted by atomic mass is 10.1. The fraction of sp³-hybridized carbons (Fsp3) is 0.222. The molecule has 13 heavy (non-hydrogen) atoms. The number of carbonyl (C=O) groups is 1. The number of thioether (sulfide) groups is 1. The Bertz CT molecular complexity index is 327. The van der Waals surface area contributed by atoms with Gasteiger partial charge in [0.05, 0.1) is 15.8 Å². The van der Waals surface area contributed by atoms with Crippen LogP contribution in [0.1, 0.15) is 10.4 Å². The van der Waals surface area contributed by atoms with Crippen molar-refractivity contribution in [3.05, 3.63) is 34.1 Å². The Kier molecular flexibility index (Phi) is 3.93. The van der Waals surface area contributed by atoms with Crippen LogP contribution in [-0.2, 0) is 0 Å². The molecule has 70 valence electrons. The number of hydrogen-bond donors (Lipinski definition) is 0. The monoisotopic (exact) mass is 262 g/mol. The smallest absolute Gasteiger partial charge is 0.175 e. The first-order chi connectivity index (χ1) is 6.16. The maximum atomic E-state index is 13.3. The van der Waals surface area contributed by atoms with Gasteiger partial charge in [-0.3, -0.25) is 4.79 Å². The van der Waals surface area contributed by atoms with Gasteiger partial charge in [-0.25, -0.2) is 4.39 Å². The largest absolute Gasteiger partial charge is 0.293 e. The first kappa shape index (κ1) is 10.7. The Balaban J connectivity index is 3.01. The van der Waals surface area contributed by atoms with E-state index < -0.39 is 5.82 Å². The normalized spacial score (nSPS) is 10.1. The van der Waals surface area contributed by atoms with Crippen molar-refractivity contribution in [2.45, 2.75) is 0 Å². The highest BCUT2D eigenvalue weighted by Crippen LogP contribution is 2.19. The molecular weight excluding hydrogens is 255 g/mol. The molecule has 0 radical (unpaired) electrons. The van der Waals surface area contributed by atoms with E-state index in [9.17, 15) is 9.18 Å². The second-order valence-corrected chi connectivity index (χ2v) is 4.18. The van der Waals surface area contributed by atoms with Crippen LogP contribution in [0.2, 0.25) is 0 Å². The van der Waals surface area contributed by atoms with E-state index in [1.807, 2.05) is 6.26 Å². The lowest BCUT2D eigenvalue weighted by molar-refractivity contribution is 0.101. The Morgan fingerprint density at radius 3 is 2.92 bits per heavy atom. The molecular formula is C9H8BrFOS. The minimum absolute atomic E-state index is 0.156. The third kappa shape index (κ3) is 2.54. The van der Waals surface area contributed by atoms with Crippen LogP contribution in [0.15, 0.2) is 22.7 Å². The molecule has 0 spiro atoms. The zero-order valence-corrected chi connectivity index (χ0v) is 9.41. The first-order valence-corrected chi connectivity index (χ1v) is 5.81. The second kappa shape index (κ2) is 4.77. The molecule has 0 saturated heterocycles. The molecule has 1 rings (SSSR count). The molecule has 0 aliphatic carbocycles. The van der Waals surface area contributed by atoms with Crippen molar-refractivity contribution < 1.29 is 9.18 Å². The van der Waals surface area contributed by atoms with Crippen LogP contribution in [0.4, 0.5) is 4.39 Å². The third-order valence-corrected chi connectivity index (χ3v) is 2.69. The standard InChI is InChI=1S/C9H8BrFOS/c1-13-5-8(12)6-3-2-4-7(10)9(6)11/h2-4H,5H2,1H3. The van der Waals surface area contributed by atoms with Crippen molar-refractivity contribution in [3.8, 4) is 0 Å². The van der Waals surface area contributed by atoms with Crippen molar-refractivity contribution in [1.29, 1.82) is 0 Å². The quantitative estimate of drug-likeness (QED) is 0.779. The molecule has 0 saturated carbocycles. The summed E-state index contributed by atoms with van der Waals surface area (Å²) in [6.45, 7) is 0. The van der Waals surface area contributed by atoms with E-state index in [1.54, 1.807) is 12.1 Å². The van der Waals surface area contributed by atoms with Crippen LogP contribution >= 0.6 is 27.7 Å². The topological polar surface area (TPSA) is 17.1 Å². The Hall–Kier alpha value is -0.350. The van der Waals surface area contributed by atoms with Crippen LogP contribution < -0.4 is 0 Å². The SMILES string of the molecule is CSCC(=O)c1cccc(Br)c1F. The lowest BCUT2D eigenvalue weighted by Crippen LogP contribution is -2.05. The zero-order chi connectivity index (χ0) is 9.84. The van der Waals surface area contributed by atoms with E-state index in [1.165, 1.54) is 17.8 Å². The molecule has 1 aromatic rings. The number of carbonyl (C=O) groups excluding carboxylic acids is 1. The average molecular weight is 263 g/mol. The maximum Gasteiger partial charge on any atom is 0.175 e. The molecule has 0 fully saturated rings. The fourth-order valence-electron chi connectivity index (χ4n) is 0.928. The lowest BCUT2D eigenvalue weighted by Gasteiger charge is -2.01. The van der Waals surface area contributed by atoms with Gasteiger partial charge in [0, 0.05) is 0 Å². The summed E-state index contributed by atoms with van der Waals surface area (Å²) < 4.78 is 13.6. The Morgan fingerprint density at radius 2 is 2.31 bits per heavy atom. The van der Waals surface area contributed by atoms with Crippen molar-refractivity contribution in [1.82, 2.24) is 0 Å². The van der Waals surface area contributed by atoms with Gasteiger partial charge in [-0.15, -0.1) is 0 Å². The number of benzene rings is 1.